The van der Waals surface area contributed by atoms with Gasteiger partial charge in [0.2, 0.25) is 0 Å². The van der Waals surface area contributed by atoms with Gasteiger partial charge in [-0.2, -0.15) is 0 Å². The normalized spacial score (nSPS) is 10.8. The Morgan fingerprint density at radius 3 is 2.17 bits per heavy atom. The zero-order valence-electron chi connectivity index (χ0n) is 16.5. The minimum absolute atomic E-state index is 0.175. The van der Waals surface area contributed by atoms with E-state index in [1.165, 1.54) is 12.1 Å². The number of fused-ring (bicyclic) bond motifs is 1. The molecule has 30 heavy (non-hydrogen) atoms. The molecule has 2 N–H and O–H groups in total. The molecule has 0 radical (unpaired) electrons. The van der Waals surface area contributed by atoms with Gasteiger partial charge in [0.05, 0.1) is 5.56 Å². The van der Waals surface area contributed by atoms with Gasteiger partial charge in [-0.15, -0.1) is 0 Å². The molecule has 1 aromatic heterocycles. The van der Waals surface area contributed by atoms with Gasteiger partial charge in [-0.25, -0.2) is 4.39 Å². The Bertz CT molecular complexity index is 1260. The molecule has 0 unspecified atom stereocenters. The zero-order valence-corrected chi connectivity index (χ0v) is 16.5. The molecule has 150 valence electrons. The zero-order chi connectivity index (χ0) is 21.3. The number of halogens is 1. The molecule has 0 atom stereocenters. The highest BCUT2D eigenvalue weighted by molar-refractivity contribution is 6.11. The fourth-order valence-corrected chi connectivity index (χ4v) is 3.42. The molecule has 0 fully saturated rings. The molecule has 1 heterocycles. The van der Waals surface area contributed by atoms with Crippen molar-refractivity contribution in [1.82, 2.24) is 10.6 Å². The van der Waals surface area contributed by atoms with Gasteiger partial charge in [-0.05, 0) is 59.7 Å². The molecule has 2 amide bonds. The van der Waals surface area contributed by atoms with Gasteiger partial charge in [0.1, 0.15) is 17.2 Å². The van der Waals surface area contributed by atoms with E-state index in [4.69, 9.17) is 4.42 Å². The third-order valence-corrected chi connectivity index (χ3v) is 4.93. The van der Waals surface area contributed by atoms with Gasteiger partial charge < -0.3 is 15.1 Å². The highest BCUT2D eigenvalue weighted by atomic mass is 19.1. The number of hydrogen-bond acceptors (Lipinski definition) is 3. The molecular weight excluding hydrogens is 383 g/mol. The van der Waals surface area contributed by atoms with E-state index >= 15 is 0 Å². The van der Waals surface area contributed by atoms with Crippen LogP contribution in [0.2, 0.25) is 0 Å². The molecule has 3 aromatic carbocycles. The van der Waals surface area contributed by atoms with E-state index in [9.17, 15) is 14.0 Å². The number of hydrogen-bond donors (Lipinski definition) is 2. The summed E-state index contributed by atoms with van der Waals surface area (Å²) in [6, 6.07) is 18.6. The lowest BCUT2D eigenvalue weighted by Gasteiger charge is -2.06. The van der Waals surface area contributed by atoms with E-state index in [0.717, 1.165) is 11.1 Å². The fourth-order valence-electron chi connectivity index (χ4n) is 3.42. The number of carbonyl (C=O) groups excluding carboxylic acids is 2. The number of benzene rings is 3. The van der Waals surface area contributed by atoms with Crippen LogP contribution in [0.15, 0.2) is 71.1 Å². The van der Waals surface area contributed by atoms with E-state index in [1.54, 1.807) is 44.4 Å². The second-order valence-corrected chi connectivity index (χ2v) is 6.76. The summed E-state index contributed by atoms with van der Waals surface area (Å²) in [7, 11) is 3.13. The standard InChI is InChI=1S/C24H19FN2O3/c1-26-23(28)17-5-3-4-15(12-17)16-8-11-20-19(13-16)21(24(29)27-2)22(30-20)14-6-9-18(25)10-7-14/h3-13H,1-2H3,(H,26,28)(H,27,29). The molecule has 0 aliphatic heterocycles. The van der Waals surface area contributed by atoms with Gasteiger partial charge in [0, 0.05) is 30.6 Å². The van der Waals surface area contributed by atoms with Crippen LogP contribution in [0.3, 0.4) is 0 Å². The van der Waals surface area contributed by atoms with Crippen molar-refractivity contribution in [2.75, 3.05) is 14.1 Å². The molecule has 0 saturated heterocycles. The van der Waals surface area contributed by atoms with Crippen LogP contribution in [0.1, 0.15) is 20.7 Å². The van der Waals surface area contributed by atoms with Crippen LogP contribution in [0.5, 0.6) is 0 Å². The lowest BCUT2D eigenvalue weighted by Crippen LogP contribution is -2.18. The summed E-state index contributed by atoms with van der Waals surface area (Å²) in [6.07, 6.45) is 0. The predicted octanol–water partition coefficient (Wildman–Crippen LogP) is 4.63. The monoisotopic (exact) mass is 402 g/mol. The third-order valence-electron chi connectivity index (χ3n) is 4.93. The lowest BCUT2D eigenvalue weighted by molar-refractivity contribution is 0.0955. The van der Waals surface area contributed by atoms with Crippen molar-refractivity contribution in [3.8, 4) is 22.5 Å². The Hall–Kier alpha value is -3.93. The first-order valence-corrected chi connectivity index (χ1v) is 9.39. The summed E-state index contributed by atoms with van der Waals surface area (Å²) in [5, 5.41) is 5.89. The first-order chi connectivity index (χ1) is 14.5. The Kier molecular flexibility index (Phi) is 5.06. The van der Waals surface area contributed by atoms with Crippen LogP contribution in [0, 0.1) is 5.82 Å². The molecule has 4 aromatic rings. The summed E-state index contributed by atoms with van der Waals surface area (Å²) in [5.41, 5.74) is 3.74. The largest absolute Gasteiger partial charge is 0.455 e. The van der Waals surface area contributed by atoms with E-state index in [1.807, 2.05) is 24.3 Å². The van der Waals surface area contributed by atoms with Gasteiger partial charge in [-0.1, -0.05) is 18.2 Å². The number of amides is 2. The Morgan fingerprint density at radius 1 is 0.800 bits per heavy atom. The molecule has 0 aliphatic rings. The summed E-state index contributed by atoms with van der Waals surface area (Å²) < 4.78 is 19.3. The molecule has 6 heteroatoms. The minimum Gasteiger partial charge on any atom is -0.455 e. The maximum atomic E-state index is 13.3. The van der Waals surface area contributed by atoms with E-state index in [2.05, 4.69) is 10.6 Å². The van der Waals surface area contributed by atoms with E-state index in [-0.39, 0.29) is 17.6 Å². The average molecular weight is 402 g/mol. The Morgan fingerprint density at radius 2 is 1.47 bits per heavy atom. The van der Waals surface area contributed by atoms with Crippen LogP contribution in [-0.4, -0.2) is 25.9 Å². The van der Waals surface area contributed by atoms with Crippen LogP contribution in [0.4, 0.5) is 4.39 Å². The fraction of sp³-hybridized carbons (Fsp3) is 0.0833. The first kappa shape index (κ1) is 19.4. The molecule has 0 aliphatic carbocycles. The SMILES string of the molecule is CNC(=O)c1cccc(-c2ccc3oc(-c4ccc(F)cc4)c(C(=O)NC)c3c2)c1. The molecular formula is C24H19FN2O3. The molecule has 0 saturated carbocycles. The second kappa shape index (κ2) is 7.83. The van der Waals surface area contributed by atoms with Crippen LogP contribution >= 0.6 is 0 Å². The Labute approximate surface area is 172 Å². The van der Waals surface area contributed by atoms with Crippen molar-refractivity contribution in [3.63, 3.8) is 0 Å². The minimum atomic E-state index is -0.366. The van der Waals surface area contributed by atoms with Crippen molar-refractivity contribution in [2.45, 2.75) is 0 Å². The first-order valence-electron chi connectivity index (χ1n) is 9.39. The predicted molar refractivity (Wildman–Crippen MR) is 114 cm³/mol. The van der Waals surface area contributed by atoms with Crippen molar-refractivity contribution in [3.05, 3.63) is 83.7 Å². The van der Waals surface area contributed by atoms with Crippen LogP contribution in [0.25, 0.3) is 33.4 Å². The van der Waals surface area contributed by atoms with E-state index < -0.39 is 0 Å². The summed E-state index contributed by atoms with van der Waals surface area (Å²) in [5.74, 6) is -0.467. The van der Waals surface area contributed by atoms with Crippen molar-refractivity contribution in [2.24, 2.45) is 0 Å². The number of nitrogens with one attached hydrogen (secondary N) is 2. The van der Waals surface area contributed by atoms with Gasteiger partial charge in [-0.3, -0.25) is 9.59 Å². The molecule has 4 rings (SSSR count). The highest BCUT2D eigenvalue weighted by Gasteiger charge is 2.22. The van der Waals surface area contributed by atoms with Gasteiger partial charge in [0.15, 0.2) is 0 Å². The average Bonchev–Trinajstić information content (AvgIpc) is 3.17. The lowest BCUT2D eigenvalue weighted by atomic mass is 9.99. The Balaban J connectivity index is 1.89. The van der Waals surface area contributed by atoms with Crippen LogP contribution < -0.4 is 10.6 Å². The van der Waals surface area contributed by atoms with Crippen LogP contribution in [-0.2, 0) is 0 Å². The summed E-state index contributed by atoms with van der Waals surface area (Å²) in [6.45, 7) is 0. The smallest absolute Gasteiger partial charge is 0.255 e. The number of furan rings is 1. The molecule has 0 bridgehead atoms. The summed E-state index contributed by atoms with van der Waals surface area (Å²) >= 11 is 0. The number of rotatable bonds is 4. The molecule has 0 spiro atoms. The van der Waals surface area contributed by atoms with Crippen molar-refractivity contribution >= 4 is 22.8 Å². The third kappa shape index (κ3) is 3.43. The highest BCUT2D eigenvalue weighted by Crippen LogP contribution is 2.36. The van der Waals surface area contributed by atoms with Gasteiger partial charge >= 0.3 is 0 Å². The number of carbonyl (C=O) groups is 2. The maximum Gasteiger partial charge on any atom is 0.255 e. The summed E-state index contributed by atoms with van der Waals surface area (Å²) in [4.78, 5) is 24.7. The second-order valence-electron chi connectivity index (χ2n) is 6.76. The van der Waals surface area contributed by atoms with Crippen molar-refractivity contribution < 1.29 is 18.4 Å². The van der Waals surface area contributed by atoms with Crippen molar-refractivity contribution in [1.29, 1.82) is 0 Å². The molecule has 5 nitrogen and oxygen atoms in total. The topological polar surface area (TPSA) is 71.3 Å². The van der Waals surface area contributed by atoms with Gasteiger partial charge in [0.25, 0.3) is 11.8 Å². The quantitative estimate of drug-likeness (QED) is 0.523. The van der Waals surface area contributed by atoms with E-state index in [0.29, 0.717) is 33.4 Å². The maximum absolute atomic E-state index is 13.3.